The zero-order valence-electron chi connectivity index (χ0n) is 18.9. The minimum atomic E-state index is -4.60. The SMILES string of the molecule is COc1cc([C@@H]2CC(=O)C3=C(C2)NC(=O)C[C@H]3c2ccccc2C(F)(F)F)cc(OC)c1OC. The molecular weight excluding hydrogens is 451 g/mol. The van der Waals surface area contributed by atoms with Crippen LogP contribution in [0.2, 0.25) is 0 Å². The average Bonchev–Trinajstić information content (AvgIpc) is 2.81. The molecule has 2 aromatic carbocycles. The number of hydrogen-bond acceptors (Lipinski definition) is 5. The number of Topliss-reactive ketones (excluding diaryl/α,β-unsaturated/α-hetero) is 1. The molecule has 2 aromatic rings. The number of benzene rings is 2. The van der Waals surface area contributed by atoms with Crippen LogP contribution in [0.25, 0.3) is 0 Å². The van der Waals surface area contributed by atoms with Crippen LogP contribution in [0.3, 0.4) is 0 Å². The summed E-state index contributed by atoms with van der Waals surface area (Å²) in [5.74, 6) is -0.721. The lowest BCUT2D eigenvalue weighted by atomic mass is 9.72. The molecule has 0 aromatic heterocycles. The highest BCUT2D eigenvalue weighted by molar-refractivity contribution is 6.02. The predicted molar refractivity (Wildman–Crippen MR) is 117 cm³/mol. The molecule has 2 atom stereocenters. The van der Waals surface area contributed by atoms with Crippen molar-refractivity contribution in [3.63, 3.8) is 0 Å². The van der Waals surface area contributed by atoms with Crippen molar-refractivity contribution in [3.05, 3.63) is 64.4 Å². The second kappa shape index (κ2) is 9.04. The quantitative estimate of drug-likeness (QED) is 0.677. The van der Waals surface area contributed by atoms with Crippen LogP contribution in [-0.2, 0) is 15.8 Å². The summed E-state index contributed by atoms with van der Waals surface area (Å²) in [6, 6.07) is 8.60. The van der Waals surface area contributed by atoms with Crippen LogP contribution in [0.5, 0.6) is 17.2 Å². The van der Waals surface area contributed by atoms with E-state index in [4.69, 9.17) is 14.2 Å². The van der Waals surface area contributed by atoms with Gasteiger partial charge >= 0.3 is 6.18 Å². The van der Waals surface area contributed by atoms with Gasteiger partial charge in [-0.15, -0.1) is 0 Å². The normalized spacial score (nSPS) is 20.5. The molecule has 9 heteroatoms. The zero-order valence-corrected chi connectivity index (χ0v) is 18.9. The Balaban J connectivity index is 1.76. The summed E-state index contributed by atoms with van der Waals surface area (Å²) in [7, 11) is 4.45. The van der Waals surface area contributed by atoms with Gasteiger partial charge in [0, 0.05) is 30.0 Å². The highest BCUT2D eigenvalue weighted by atomic mass is 19.4. The molecule has 0 unspecified atom stereocenters. The Morgan fingerprint density at radius 3 is 2.15 bits per heavy atom. The molecule has 1 N–H and O–H groups in total. The molecule has 0 saturated carbocycles. The van der Waals surface area contributed by atoms with Crippen molar-refractivity contribution in [3.8, 4) is 17.2 Å². The number of carbonyl (C=O) groups excluding carboxylic acids is 2. The van der Waals surface area contributed by atoms with Crippen molar-refractivity contribution >= 4 is 11.7 Å². The Labute approximate surface area is 194 Å². The monoisotopic (exact) mass is 475 g/mol. The molecular formula is C25H24F3NO5. The third-order valence-electron chi connectivity index (χ3n) is 6.34. The number of allylic oxidation sites excluding steroid dienone is 2. The molecule has 1 aliphatic carbocycles. The summed E-state index contributed by atoms with van der Waals surface area (Å²) in [6.07, 6.45) is -4.44. The maximum absolute atomic E-state index is 13.7. The summed E-state index contributed by atoms with van der Waals surface area (Å²) in [5.41, 5.74) is 0.465. The van der Waals surface area contributed by atoms with Crippen LogP contribution >= 0.6 is 0 Å². The fourth-order valence-corrected chi connectivity index (χ4v) is 4.86. The molecule has 180 valence electrons. The first-order valence-corrected chi connectivity index (χ1v) is 10.7. The number of halogens is 3. The standard InChI is InChI=1S/C25H24F3NO5/c1-32-20-10-14(11-21(33-2)24(20)34-3)13-8-18-23(19(30)9-13)16(12-22(31)29-18)15-6-4-5-7-17(15)25(26,27)28/h4-7,10-11,13,16H,8-9,12H2,1-3H3,(H,29,31)/t13-,16-/m0/s1. The molecule has 1 heterocycles. The van der Waals surface area contributed by atoms with Gasteiger partial charge in [-0.05, 0) is 41.7 Å². The van der Waals surface area contributed by atoms with Gasteiger partial charge in [0.05, 0.1) is 26.9 Å². The lowest BCUT2D eigenvalue weighted by molar-refractivity contribution is -0.138. The lowest BCUT2D eigenvalue weighted by Gasteiger charge is -2.35. The number of carbonyl (C=O) groups is 2. The first kappa shape index (κ1) is 23.7. The molecule has 1 aliphatic heterocycles. The van der Waals surface area contributed by atoms with Crippen molar-refractivity contribution in [2.24, 2.45) is 0 Å². The van der Waals surface area contributed by atoms with Crippen molar-refractivity contribution in [2.75, 3.05) is 21.3 Å². The fourth-order valence-electron chi connectivity index (χ4n) is 4.86. The van der Waals surface area contributed by atoms with Gasteiger partial charge in [-0.2, -0.15) is 13.2 Å². The maximum Gasteiger partial charge on any atom is 0.416 e. The Morgan fingerprint density at radius 1 is 0.912 bits per heavy atom. The van der Waals surface area contributed by atoms with E-state index in [0.29, 0.717) is 22.9 Å². The van der Waals surface area contributed by atoms with Crippen molar-refractivity contribution in [2.45, 2.75) is 37.3 Å². The zero-order chi connectivity index (χ0) is 24.6. The van der Waals surface area contributed by atoms with Crippen molar-refractivity contribution in [1.29, 1.82) is 0 Å². The largest absolute Gasteiger partial charge is 0.493 e. The Morgan fingerprint density at radius 2 is 1.56 bits per heavy atom. The van der Waals surface area contributed by atoms with Gasteiger partial charge in [0.2, 0.25) is 11.7 Å². The molecule has 1 amide bonds. The van der Waals surface area contributed by atoms with E-state index in [1.807, 2.05) is 0 Å². The molecule has 34 heavy (non-hydrogen) atoms. The third kappa shape index (κ3) is 4.22. The number of hydrogen-bond donors (Lipinski definition) is 1. The first-order chi connectivity index (χ1) is 16.2. The summed E-state index contributed by atoms with van der Waals surface area (Å²) in [5, 5.41) is 2.74. The second-order valence-electron chi connectivity index (χ2n) is 8.27. The predicted octanol–water partition coefficient (Wildman–Crippen LogP) is 4.74. The third-order valence-corrected chi connectivity index (χ3v) is 6.34. The number of rotatable bonds is 5. The maximum atomic E-state index is 13.7. The Hall–Kier alpha value is -3.49. The number of methoxy groups -OCH3 is 3. The van der Waals surface area contributed by atoms with Crippen molar-refractivity contribution < 1.29 is 37.0 Å². The number of ether oxygens (including phenoxy) is 3. The number of ketones is 1. The number of nitrogens with one attached hydrogen (secondary N) is 1. The summed E-state index contributed by atoms with van der Waals surface area (Å²) < 4.78 is 57.2. The van der Waals surface area contributed by atoms with E-state index in [1.165, 1.54) is 39.5 Å². The van der Waals surface area contributed by atoms with Gasteiger partial charge in [0.25, 0.3) is 0 Å². The Kier molecular flexibility index (Phi) is 6.29. The highest BCUT2D eigenvalue weighted by Gasteiger charge is 2.42. The van der Waals surface area contributed by atoms with Crippen LogP contribution in [0.4, 0.5) is 13.2 Å². The minimum Gasteiger partial charge on any atom is -0.493 e. The second-order valence-corrected chi connectivity index (χ2v) is 8.27. The van der Waals surface area contributed by atoms with Crippen LogP contribution in [0, 0.1) is 0 Å². The molecule has 0 bridgehead atoms. The van der Waals surface area contributed by atoms with Crippen molar-refractivity contribution in [1.82, 2.24) is 5.32 Å². The molecule has 4 rings (SSSR count). The van der Waals surface area contributed by atoms with Crippen LogP contribution in [0.15, 0.2) is 47.7 Å². The number of amides is 1. The molecule has 0 fully saturated rings. The molecule has 0 radical (unpaired) electrons. The van der Waals surface area contributed by atoms with Gasteiger partial charge < -0.3 is 19.5 Å². The molecule has 0 saturated heterocycles. The first-order valence-electron chi connectivity index (χ1n) is 10.7. The summed E-state index contributed by atoms with van der Waals surface area (Å²) >= 11 is 0. The van der Waals surface area contributed by atoms with Gasteiger partial charge in [-0.1, -0.05) is 18.2 Å². The van der Waals surface area contributed by atoms with Gasteiger partial charge in [0.1, 0.15) is 0 Å². The van der Waals surface area contributed by atoms with Crippen LogP contribution < -0.4 is 19.5 Å². The van der Waals surface area contributed by atoms with E-state index in [-0.39, 0.29) is 42.1 Å². The van der Waals surface area contributed by atoms with E-state index >= 15 is 0 Å². The van der Waals surface area contributed by atoms with Gasteiger partial charge in [0.15, 0.2) is 17.3 Å². The average molecular weight is 475 g/mol. The highest BCUT2D eigenvalue weighted by Crippen LogP contribution is 2.47. The van der Waals surface area contributed by atoms with E-state index < -0.39 is 23.6 Å². The lowest BCUT2D eigenvalue weighted by Crippen LogP contribution is -2.38. The van der Waals surface area contributed by atoms with E-state index in [1.54, 1.807) is 12.1 Å². The molecule has 2 aliphatic rings. The van der Waals surface area contributed by atoms with Crippen LogP contribution in [-0.4, -0.2) is 33.0 Å². The topological polar surface area (TPSA) is 73.9 Å². The molecule has 0 spiro atoms. The number of alkyl halides is 3. The smallest absolute Gasteiger partial charge is 0.416 e. The van der Waals surface area contributed by atoms with E-state index in [9.17, 15) is 22.8 Å². The summed E-state index contributed by atoms with van der Waals surface area (Å²) in [4.78, 5) is 25.8. The van der Waals surface area contributed by atoms with E-state index in [0.717, 1.165) is 11.6 Å². The molecule has 6 nitrogen and oxygen atoms in total. The Bertz CT molecular complexity index is 1150. The van der Waals surface area contributed by atoms with Gasteiger partial charge in [-0.25, -0.2) is 0 Å². The van der Waals surface area contributed by atoms with Gasteiger partial charge in [-0.3, -0.25) is 9.59 Å². The van der Waals surface area contributed by atoms with Crippen LogP contribution in [0.1, 0.15) is 47.8 Å². The fraction of sp³-hybridized carbons (Fsp3) is 0.360. The van der Waals surface area contributed by atoms with E-state index in [2.05, 4.69) is 5.32 Å². The minimum absolute atomic E-state index is 0.0584. The summed E-state index contributed by atoms with van der Waals surface area (Å²) in [6.45, 7) is 0.